The van der Waals surface area contributed by atoms with E-state index in [0.717, 1.165) is 31.2 Å². The van der Waals surface area contributed by atoms with Crippen LogP contribution in [0.25, 0.3) is 0 Å². The summed E-state index contributed by atoms with van der Waals surface area (Å²) < 4.78 is 11.1. The molecule has 23 heavy (non-hydrogen) atoms. The van der Waals surface area contributed by atoms with Crippen molar-refractivity contribution < 1.29 is 19.1 Å². The van der Waals surface area contributed by atoms with Gasteiger partial charge in [-0.25, -0.2) is 0 Å². The van der Waals surface area contributed by atoms with E-state index in [-0.39, 0.29) is 6.61 Å². The fourth-order valence-electron chi connectivity index (χ4n) is 4.00. The molecule has 0 aromatic heterocycles. The van der Waals surface area contributed by atoms with E-state index >= 15 is 0 Å². The van der Waals surface area contributed by atoms with Gasteiger partial charge in [-0.2, -0.15) is 0 Å². The molecule has 1 heterocycles. The van der Waals surface area contributed by atoms with Crippen molar-refractivity contribution in [1.82, 2.24) is 0 Å². The average Bonchev–Trinajstić information content (AvgIpc) is 2.82. The molecule has 0 radical (unpaired) electrons. The second kappa shape index (κ2) is 6.34. The molecule has 1 aliphatic heterocycles. The second-order valence-electron chi connectivity index (χ2n) is 6.77. The Kier molecular flexibility index (Phi) is 4.42. The number of carbonyl (C=O) groups excluding carboxylic acids is 2. The molecule has 1 atom stereocenters. The summed E-state index contributed by atoms with van der Waals surface area (Å²) in [6.07, 6.45) is 5.79. The van der Waals surface area contributed by atoms with Crippen LogP contribution in [0.1, 0.15) is 51.0 Å². The Labute approximate surface area is 137 Å². The van der Waals surface area contributed by atoms with Gasteiger partial charge in [0.2, 0.25) is 0 Å². The maximum atomic E-state index is 12.8. The van der Waals surface area contributed by atoms with Crippen LogP contribution >= 0.6 is 0 Å². The van der Waals surface area contributed by atoms with E-state index in [4.69, 9.17) is 9.47 Å². The SMILES string of the molecule is CCOC(=O)C1(Cc2ccccc2)CC2(CCCCC2)OC1=O. The van der Waals surface area contributed by atoms with Crippen molar-refractivity contribution in [3.8, 4) is 0 Å². The number of rotatable bonds is 4. The summed E-state index contributed by atoms with van der Waals surface area (Å²) in [5.74, 6) is -0.835. The number of carbonyl (C=O) groups is 2. The number of ether oxygens (including phenoxy) is 2. The van der Waals surface area contributed by atoms with Gasteiger partial charge in [-0.15, -0.1) is 0 Å². The molecule has 4 nitrogen and oxygen atoms in total. The largest absolute Gasteiger partial charge is 0.465 e. The highest BCUT2D eigenvalue weighted by Crippen LogP contribution is 2.50. The van der Waals surface area contributed by atoms with Gasteiger partial charge in [0.05, 0.1) is 6.61 Å². The Balaban J connectivity index is 1.92. The molecule has 0 N–H and O–H groups in total. The molecule has 4 heteroatoms. The third-order valence-corrected chi connectivity index (χ3v) is 5.10. The van der Waals surface area contributed by atoms with Gasteiger partial charge in [-0.3, -0.25) is 9.59 Å². The minimum atomic E-state index is -1.19. The number of hydrogen-bond donors (Lipinski definition) is 0. The van der Waals surface area contributed by atoms with Crippen LogP contribution in [0.2, 0.25) is 0 Å². The standard InChI is InChI=1S/C19H24O4/c1-2-22-16(20)19(13-15-9-5-3-6-10-15)14-18(23-17(19)21)11-7-4-8-12-18/h3,5-6,9-10H,2,4,7-8,11-14H2,1H3. The van der Waals surface area contributed by atoms with E-state index in [0.29, 0.717) is 12.8 Å². The maximum Gasteiger partial charge on any atom is 0.324 e. The zero-order valence-electron chi connectivity index (χ0n) is 13.7. The first-order valence-electron chi connectivity index (χ1n) is 8.55. The number of hydrogen-bond acceptors (Lipinski definition) is 4. The predicted molar refractivity (Wildman–Crippen MR) is 85.7 cm³/mol. The highest BCUT2D eigenvalue weighted by molar-refractivity contribution is 6.02. The van der Waals surface area contributed by atoms with E-state index in [1.807, 2.05) is 30.3 Å². The van der Waals surface area contributed by atoms with Gasteiger partial charge in [0.1, 0.15) is 5.60 Å². The first-order valence-corrected chi connectivity index (χ1v) is 8.55. The average molecular weight is 316 g/mol. The highest BCUT2D eigenvalue weighted by atomic mass is 16.6. The summed E-state index contributed by atoms with van der Waals surface area (Å²) in [6.45, 7) is 2.04. The zero-order valence-corrected chi connectivity index (χ0v) is 13.7. The fraction of sp³-hybridized carbons (Fsp3) is 0.579. The van der Waals surface area contributed by atoms with Crippen molar-refractivity contribution in [2.24, 2.45) is 5.41 Å². The van der Waals surface area contributed by atoms with Crippen molar-refractivity contribution in [2.45, 2.75) is 57.5 Å². The van der Waals surface area contributed by atoms with E-state index in [2.05, 4.69) is 0 Å². The lowest BCUT2D eigenvalue weighted by Gasteiger charge is -2.32. The summed E-state index contributed by atoms with van der Waals surface area (Å²) in [5.41, 5.74) is -0.684. The van der Waals surface area contributed by atoms with Crippen molar-refractivity contribution in [3.05, 3.63) is 35.9 Å². The van der Waals surface area contributed by atoms with Gasteiger partial charge in [0, 0.05) is 6.42 Å². The molecule has 1 aromatic rings. The first-order chi connectivity index (χ1) is 11.1. The molecule has 3 rings (SSSR count). The van der Waals surface area contributed by atoms with E-state index < -0.39 is 23.0 Å². The Bertz CT molecular complexity index is 574. The minimum absolute atomic E-state index is 0.273. The summed E-state index contributed by atoms with van der Waals surface area (Å²) >= 11 is 0. The molecule has 1 saturated carbocycles. The number of benzene rings is 1. The normalized spacial score (nSPS) is 26.0. The molecule has 2 fully saturated rings. The summed E-state index contributed by atoms with van der Waals surface area (Å²) in [4.78, 5) is 25.5. The zero-order chi connectivity index (χ0) is 16.3. The quantitative estimate of drug-likeness (QED) is 0.631. The molecule has 1 aliphatic carbocycles. The van der Waals surface area contributed by atoms with Crippen LogP contribution in [-0.2, 0) is 25.5 Å². The molecular weight excluding hydrogens is 292 g/mol. The first kappa shape index (κ1) is 16.0. The van der Waals surface area contributed by atoms with Crippen LogP contribution < -0.4 is 0 Å². The third kappa shape index (κ3) is 2.99. The Morgan fingerprint density at radius 1 is 1.17 bits per heavy atom. The van der Waals surface area contributed by atoms with Crippen LogP contribution in [0.15, 0.2) is 30.3 Å². The van der Waals surface area contributed by atoms with E-state index in [1.165, 1.54) is 6.42 Å². The molecular formula is C19H24O4. The molecule has 2 aliphatic rings. The van der Waals surface area contributed by atoms with Crippen molar-refractivity contribution >= 4 is 11.9 Å². The summed E-state index contributed by atoms with van der Waals surface area (Å²) in [7, 11) is 0. The van der Waals surface area contributed by atoms with Crippen molar-refractivity contribution in [1.29, 1.82) is 0 Å². The van der Waals surface area contributed by atoms with Crippen molar-refractivity contribution in [3.63, 3.8) is 0 Å². The van der Waals surface area contributed by atoms with Gasteiger partial charge in [0.15, 0.2) is 5.41 Å². The molecule has 1 unspecified atom stereocenters. The van der Waals surface area contributed by atoms with Crippen LogP contribution in [0, 0.1) is 5.41 Å². The van der Waals surface area contributed by atoms with E-state index in [1.54, 1.807) is 6.92 Å². The predicted octanol–water partition coefficient (Wildman–Crippen LogP) is 3.43. The molecule has 1 aromatic carbocycles. The van der Waals surface area contributed by atoms with Crippen LogP contribution in [-0.4, -0.2) is 24.1 Å². The minimum Gasteiger partial charge on any atom is -0.465 e. The third-order valence-electron chi connectivity index (χ3n) is 5.10. The molecule has 1 spiro atoms. The summed E-state index contributed by atoms with van der Waals surface area (Å²) in [6, 6.07) is 9.66. The van der Waals surface area contributed by atoms with Gasteiger partial charge >= 0.3 is 11.9 Å². The van der Waals surface area contributed by atoms with Crippen LogP contribution in [0.3, 0.4) is 0 Å². The number of esters is 2. The van der Waals surface area contributed by atoms with Gasteiger partial charge in [-0.1, -0.05) is 36.8 Å². The lowest BCUT2D eigenvalue weighted by atomic mass is 9.71. The lowest BCUT2D eigenvalue weighted by Crippen LogP contribution is -2.40. The van der Waals surface area contributed by atoms with Crippen LogP contribution in [0.5, 0.6) is 0 Å². The molecule has 0 amide bonds. The van der Waals surface area contributed by atoms with Gasteiger partial charge in [0.25, 0.3) is 0 Å². The lowest BCUT2D eigenvalue weighted by molar-refractivity contribution is -0.166. The van der Waals surface area contributed by atoms with E-state index in [9.17, 15) is 9.59 Å². The second-order valence-corrected chi connectivity index (χ2v) is 6.77. The molecule has 0 bridgehead atoms. The maximum absolute atomic E-state index is 12.8. The topological polar surface area (TPSA) is 52.6 Å². The summed E-state index contributed by atoms with van der Waals surface area (Å²) in [5, 5.41) is 0. The van der Waals surface area contributed by atoms with Gasteiger partial charge < -0.3 is 9.47 Å². The Hall–Kier alpha value is -1.84. The monoisotopic (exact) mass is 316 g/mol. The Morgan fingerprint density at radius 2 is 1.87 bits per heavy atom. The highest BCUT2D eigenvalue weighted by Gasteiger charge is 2.61. The smallest absolute Gasteiger partial charge is 0.324 e. The molecule has 1 saturated heterocycles. The van der Waals surface area contributed by atoms with Crippen molar-refractivity contribution in [2.75, 3.05) is 6.61 Å². The Morgan fingerprint density at radius 3 is 2.52 bits per heavy atom. The van der Waals surface area contributed by atoms with Crippen LogP contribution in [0.4, 0.5) is 0 Å². The molecule has 124 valence electrons. The fourth-order valence-corrected chi connectivity index (χ4v) is 4.00. The van der Waals surface area contributed by atoms with Gasteiger partial charge in [-0.05, 0) is 44.6 Å².